The lowest BCUT2D eigenvalue weighted by atomic mass is 10.1. The number of H-pyrrole nitrogens is 1. The third-order valence-electron chi connectivity index (χ3n) is 3.15. The van der Waals surface area contributed by atoms with Gasteiger partial charge in [0.1, 0.15) is 6.07 Å². The summed E-state index contributed by atoms with van der Waals surface area (Å²) in [5.74, 6) is 0. The molecule has 0 radical (unpaired) electrons. The van der Waals surface area contributed by atoms with Crippen molar-refractivity contribution in [2.45, 2.75) is 10.5 Å². The van der Waals surface area contributed by atoms with E-state index in [9.17, 15) is 21.6 Å². The SMILES string of the molecule is N#Cc1c[nH]c2c(NS(=O)(=O)c3nccs3)ccc(C(F)(F)F)c12. The molecule has 0 aliphatic carbocycles. The maximum atomic E-state index is 13.1. The van der Waals surface area contributed by atoms with Gasteiger partial charge >= 0.3 is 6.18 Å². The minimum absolute atomic E-state index is 0.102. The van der Waals surface area contributed by atoms with E-state index in [1.807, 2.05) is 0 Å². The number of benzene rings is 1. The average Bonchev–Trinajstić information content (AvgIpc) is 3.16. The molecular formula is C13H7F3N4O2S2. The van der Waals surface area contributed by atoms with Crippen molar-refractivity contribution in [3.8, 4) is 6.07 Å². The first-order chi connectivity index (χ1) is 11.2. The Balaban J connectivity index is 2.19. The number of nitrogens with zero attached hydrogens (tertiary/aromatic N) is 2. The number of thiazole rings is 1. The Kier molecular flexibility index (Phi) is 3.73. The smallest absolute Gasteiger partial charge is 0.358 e. The summed E-state index contributed by atoms with van der Waals surface area (Å²) in [5.41, 5.74) is -1.48. The summed E-state index contributed by atoms with van der Waals surface area (Å²) >= 11 is 0.868. The molecule has 0 atom stereocenters. The molecule has 11 heteroatoms. The fraction of sp³-hybridized carbons (Fsp3) is 0.0769. The largest absolute Gasteiger partial charge is 0.417 e. The number of rotatable bonds is 3. The van der Waals surface area contributed by atoms with Crippen molar-refractivity contribution in [2.75, 3.05) is 4.72 Å². The van der Waals surface area contributed by atoms with Crippen LogP contribution in [0.25, 0.3) is 10.9 Å². The highest BCUT2D eigenvalue weighted by Crippen LogP contribution is 2.39. The van der Waals surface area contributed by atoms with Gasteiger partial charge in [-0.25, -0.2) is 4.98 Å². The van der Waals surface area contributed by atoms with E-state index < -0.39 is 21.8 Å². The first-order valence-corrected chi connectivity index (χ1v) is 8.64. The molecule has 2 heterocycles. The molecule has 124 valence electrons. The van der Waals surface area contributed by atoms with Gasteiger partial charge in [0.15, 0.2) is 0 Å². The van der Waals surface area contributed by atoms with Crippen molar-refractivity contribution in [1.29, 1.82) is 5.26 Å². The fourth-order valence-electron chi connectivity index (χ4n) is 2.19. The van der Waals surface area contributed by atoms with Gasteiger partial charge in [0.2, 0.25) is 4.34 Å². The summed E-state index contributed by atoms with van der Waals surface area (Å²) in [5, 5.41) is 10.1. The number of sulfonamides is 1. The quantitative estimate of drug-likeness (QED) is 0.737. The molecule has 0 amide bonds. The first kappa shape index (κ1) is 16.3. The molecule has 2 aromatic heterocycles. The van der Waals surface area contributed by atoms with Gasteiger partial charge in [-0.2, -0.15) is 26.9 Å². The Morgan fingerprint density at radius 3 is 2.67 bits per heavy atom. The molecule has 24 heavy (non-hydrogen) atoms. The van der Waals surface area contributed by atoms with E-state index in [-0.39, 0.29) is 26.5 Å². The monoisotopic (exact) mass is 372 g/mol. The predicted molar refractivity (Wildman–Crippen MR) is 80.9 cm³/mol. The molecule has 0 saturated heterocycles. The summed E-state index contributed by atoms with van der Waals surface area (Å²) in [7, 11) is -4.03. The van der Waals surface area contributed by atoms with Gasteiger partial charge in [0.05, 0.1) is 22.3 Å². The Labute approximate surface area is 137 Å². The molecule has 0 aliphatic heterocycles. The standard InChI is InChI=1S/C13H7F3N4O2S2/c14-13(15,16)8-1-2-9(11-10(8)7(5-17)6-19-11)20-24(21,22)12-18-3-4-23-12/h1-4,6,19-20H. The number of alkyl halides is 3. The van der Waals surface area contributed by atoms with Crippen LogP contribution in [0, 0.1) is 11.3 Å². The van der Waals surface area contributed by atoms with E-state index >= 15 is 0 Å². The summed E-state index contributed by atoms with van der Waals surface area (Å²) in [6.07, 6.45) is -2.29. The number of fused-ring (bicyclic) bond motifs is 1. The van der Waals surface area contributed by atoms with E-state index in [4.69, 9.17) is 5.26 Å². The third kappa shape index (κ3) is 2.70. The molecule has 0 aliphatic rings. The lowest BCUT2D eigenvalue weighted by Gasteiger charge is -2.12. The van der Waals surface area contributed by atoms with Crippen LogP contribution < -0.4 is 4.72 Å². The van der Waals surface area contributed by atoms with Gasteiger partial charge in [0.25, 0.3) is 10.0 Å². The second-order valence-corrected chi connectivity index (χ2v) is 7.38. The van der Waals surface area contributed by atoms with Crippen LogP contribution in [0.15, 0.2) is 34.2 Å². The lowest BCUT2D eigenvalue weighted by molar-refractivity contribution is -0.136. The number of aromatic nitrogens is 2. The molecule has 0 unspecified atom stereocenters. The summed E-state index contributed by atoms with van der Waals surface area (Å²) < 4.78 is 65.8. The van der Waals surface area contributed by atoms with Crippen LogP contribution in [-0.4, -0.2) is 18.4 Å². The number of hydrogen-bond donors (Lipinski definition) is 2. The van der Waals surface area contributed by atoms with E-state index in [1.54, 1.807) is 6.07 Å². The highest BCUT2D eigenvalue weighted by molar-refractivity contribution is 7.94. The highest BCUT2D eigenvalue weighted by Gasteiger charge is 2.35. The van der Waals surface area contributed by atoms with Crippen LogP contribution in [0.2, 0.25) is 0 Å². The van der Waals surface area contributed by atoms with Crippen LogP contribution in [0.4, 0.5) is 18.9 Å². The molecule has 3 aromatic rings. The third-order valence-corrected chi connectivity index (χ3v) is 5.71. The van der Waals surface area contributed by atoms with Crippen molar-refractivity contribution >= 4 is 38.0 Å². The molecule has 0 bridgehead atoms. The molecule has 2 N–H and O–H groups in total. The Bertz CT molecular complexity index is 1050. The number of hydrogen-bond acceptors (Lipinski definition) is 5. The average molecular weight is 372 g/mol. The number of halogens is 3. The summed E-state index contributed by atoms with van der Waals surface area (Å²) in [6.45, 7) is 0. The Morgan fingerprint density at radius 2 is 2.08 bits per heavy atom. The van der Waals surface area contributed by atoms with Gasteiger partial charge in [-0.15, -0.1) is 11.3 Å². The second kappa shape index (κ2) is 5.50. The van der Waals surface area contributed by atoms with Crippen molar-refractivity contribution in [3.63, 3.8) is 0 Å². The van der Waals surface area contributed by atoms with Crippen LogP contribution >= 0.6 is 11.3 Å². The minimum atomic E-state index is -4.68. The molecule has 0 saturated carbocycles. The molecule has 1 aromatic carbocycles. The second-order valence-electron chi connectivity index (χ2n) is 4.63. The predicted octanol–water partition coefficient (Wildman–Crippen LogP) is 3.32. The number of nitriles is 1. The Morgan fingerprint density at radius 1 is 1.33 bits per heavy atom. The normalized spacial score (nSPS) is 12.2. The van der Waals surface area contributed by atoms with Gasteiger partial charge in [0, 0.05) is 23.2 Å². The van der Waals surface area contributed by atoms with Gasteiger partial charge in [-0.05, 0) is 12.1 Å². The maximum Gasteiger partial charge on any atom is 0.417 e. The van der Waals surface area contributed by atoms with E-state index in [1.165, 1.54) is 11.6 Å². The molecule has 0 fully saturated rings. The van der Waals surface area contributed by atoms with Gasteiger partial charge < -0.3 is 4.98 Å². The summed E-state index contributed by atoms with van der Waals surface area (Å²) in [4.78, 5) is 6.19. The molecular weight excluding hydrogens is 365 g/mol. The summed E-state index contributed by atoms with van der Waals surface area (Å²) in [6, 6.07) is 3.39. The van der Waals surface area contributed by atoms with E-state index in [0.717, 1.165) is 29.7 Å². The van der Waals surface area contributed by atoms with E-state index in [2.05, 4.69) is 14.7 Å². The van der Waals surface area contributed by atoms with Gasteiger partial charge in [-0.1, -0.05) is 0 Å². The molecule has 3 rings (SSSR count). The zero-order valence-electron chi connectivity index (χ0n) is 11.5. The van der Waals surface area contributed by atoms with Crippen LogP contribution in [0.3, 0.4) is 0 Å². The minimum Gasteiger partial charge on any atom is -0.358 e. The zero-order valence-corrected chi connectivity index (χ0v) is 13.2. The fourth-order valence-corrected chi connectivity index (χ4v) is 4.09. The Hall–Kier alpha value is -2.58. The molecule has 0 spiro atoms. The topological polar surface area (TPSA) is 98.6 Å². The van der Waals surface area contributed by atoms with E-state index in [0.29, 0.717) is 0 Å². The van der Waals surface area contributed by atoms with Crippen molar-refractivity contribution < 1.29 is 21.6 Å². The number of aromatic amines is 1. The highest BCUT2D eigenvalue weighted by atomic mass is 32.2. The maximum absolute atomic E-state index is 13.1. The van der Waals surface area contributed by atoms with Crippen LogP contribution in [0.1, 0.15) is 11.1 Å². The lowest BCUT2D eigenvalue weighted by Crippen LogP contribution is -2.14. The van der Waals surface area contributed by atoms with Crippen molar-refractivity contribution in [1.82, 2.24) is 9.97 Å². The number of anilines is 1. The van der Waals surface area contributed by atoms with Gasteiger partial charge in [-0.3, -0.25) is 4.72 Å². The number of nitrogens with one attached hydrogen (secondary N) is 2. The molecule has 6 nitrogen and oxygen atoms in total. The van der Waals surface area contributed by atoms with Crippen LogP contribution in [0.5, 0.6) is 0 Å². The zero-order chi connectivity index (χ0) is 17.5. The van der Waals surface area contributed by atoms with Crippen LogP contribution in [-0.2, 0) is 16.2 Å². The van der Waals surface area contributed by atoms with Crippen molar-refractivity contribution in [2.24, 2.45) is 0 Å². The van der Waals surface area contributed by atoms with Crippen molar-refractivity contribution in [3.05, 3.63) is 41.0 Å². The first-order valence-electron chi connectivity index (χ1n) is 6.28.